The SMILES string of the molecule is CCC/C=C\C/C=C\C/C=C\CCCCCCC(=O)O[C@@H](C(=O)O[C@H]1C[C@@]2(O)[C@@H](OC(=O)c3ccccc3OC)C3[C@](C)(C(=O)[C@H](OC(=O)N(C)C)C(=C1C)C2(C)C)[C@@H](O)C[C@H]1OC[C@@]31OC(C)=O)[C@H](C=C(C)C)NC(=O)OC(C)(C)C. The van der Waals surface area contributed by atoms with Gasteiger partial charge in [0.1, 0.15) is 40.8 Å². The molecule has 1 aromatic rings. The number of rotatable bonds is 24. The lowest BCUT2D eigenvalue weighted by Gasteiger charge is -2.67. The van der Waals surface area contributed by atoms with Gasteiger partial charge in [-0.15, -0.1) is 0 Å². The van der Waals surface area contributed by atoms with Crippen LogP contribution in [0.1, 0.15) is 164 Å². The van der Waals surface area contributed by atoms with Gasteiger partial charge in [0.25, 0.3) is 0 Å². The number of aliphatic hydroxyl groups is 2. The largest absolute Gasteiger partial charge is 0.496 e. The molecular weight excluding hydrogens is 1060 g/mol. The number of carbonyl (C=O) groups excluding carboxylic acids is 7. The van der Waals surface area contributed by atoms with Gasteiger partial charge >= 0.3 is 36.1 Å². The molecule has 0 radical (unpaired) electrons. The molecule has 2 bridgehead atoms. The molecule has 82 heavy (non-hydrogen) atoms. The Kier molecular flexibility index (Phi) is 23.0. The van der Waals surface area contributed by atoms with Crippen LogP contribution >= 0.6 is 0 Å². The van der Waals surface area contributed by atoms with Gasteiger partial charge in [0, 0.05) is 45.7 Å². The summed E-state index contributed by atoms with van der Waals surface area (Å²) >= 11 is 0. The van der Waals surface area contributed by atoms with E-state index < -0.39 is 124 Å². The Labute approximate surface area is 484 Å². The Morgan fingerprint density at radius 1 is 0.890 bits per heavy atom. The van der Waals surface area contributed by atoms with Crippen LogP contribution in [-0.4, -0.2) is 144 Å². The lowest BCUT2D eigenvalue weighted by atomic mass is 9.44. The van der Waals surface area contributed by atoms with Crippen molar-refractivity contribution in [2.24, 2.45) is 16.7 Å². The summed E-state index contributed by atoms with van der Waals surface area (Å²) < 4.78 is 48.5. The van der Waals surface area contributed by atoms with Gasteiger partial charge in [0.2, 0.25) is 6.10 Å². The molecule has 19 nitrogen and oxygen atoms in total. The summed E-state index contributed by atoms with van der Waals surface area (Å²) in [5.74, 6) is -6.29. The van der Waals surface area contributed by atoms with Crippen molar-refractivity contribution in [3.8, 4) is 5.75 Å². The second-order valence-corrected chi connectivity index (χ2v) is 24.1. The average molecular weight is 1150 g/mol. The number of ether oxygens (including phenoxy) is 8. The first-order valence-corrected chi connectivity index (χ1v) is 28.7. The van der Waals surface area contributed by atoms with Crippen LogP contribution in [0.25, 0.3) is 0 Å². The summed E-state index contributed by atoms with van der Waals surface area (Å²) in [6.45, 7) is 17.3. The fraction of sp³-hybridized carbons (Fsp3) is 0.635. The standard InChI is InChI=1S/C63H90N2O17/c1-15-16-17-18-19-20-21-22-23-24-25-26-27-28-29-34-48(68)78-50(43(35-39(2)3)64-57(72)82-59(6,7)8)56(71)77-45-37-63(74)54(80-55(70)42-32-30-31-33-44(42)75-14)52-61(11,46(67)36-47-62(52,38-76-47)81-41(5)66)53(69)51(79-58(73)65(12)13)49(40(45)4)60(63,9)10/h17-18,20-21,23-24,30-33,35,43,45-47,50-52,54,67,74H,15-16,19,22,25-29,34,36-38H2,1-14H3,(H,64,72)/b18-17-,21-20-,24-23-/t43-,45-,46-,47+,50+,51+,52?,54-,61+,62-,63+/m0/s1. The Bertz CT molecular complexity index is 2620. The molecule has 19 heteroatoms. The minimum absolute atomic E-state index is 0.0580. The van der Waals surface area contributed by atoms with Gasteiger partial charge in [-0.3, -0.25) is 14.4 Å². The molecule has 1 unspecified atom stereocenters. The molecule has 1 heterocycles. The molecule has 0 aromatic heterocycles. The summed E-state index contributed by atoms with van der Waals surface area (Å²) in [7, 11) is 4.14. The van der Waals surface area contributed by atoms with E-state index in [4.69, 9.17) is 37.9 Å². The van der Waals surface area contributed by atoms with Gasteiger partial charge in [-0.2, -0.15) is 0 Å². The Morgan fingerprint density at radius 3 is 2.11 bits per heavy atom. The number of hydrogen-bond donors (Lipinski definition) is 3. The number of unbranched alkanes of at least 4 members (excludes halogenated alkanes) is 5. The van der Waals surface area contributed by atoms with E-state index in [9.17, 15) is 34.2 Å². The predicted octanol–water partition coefficient (Wildman–Crippen LogP) is 9.71. The minimum Gasteiger partial charge on any atom is -0.496 e. The number of methoxy groups -OCH3 is 1. The van der Waals surface area contributed by atoms with Crippen molar-refractivity contribution in [1.29, 1.82) is 0 Å². The fourth-order valence-corrected chi connectivity index (χ4v) is 11.8. The number of hydrogen-bond acceptors (Lipinski definition) is 17. The number of fused-ring (bicyclic) bond motifs is 5. The highest BCUT2D eigenvalue weighted by atomic mass is 16.6. The van der Waals surface area contributed by atoms with E-state index in [2.05, 4.69) is 48.7 Å². The van der Waals surface area contributed by atoms with Crippen molar-refractivity contribution in [2.75, 3.05) is 27.8 Å². The molecule has 454 valence electrons. The summed E-state index contributed by atoms with van der Waals surface area (Å²) in [4.78, 5) is 102. The van der Waals surface area contributed by atoms with Gasteiger partial charge < -0.3 is 58.3 Å². The van der Waals surface area contributed by atoms with Crippen LogP contribution in [0.4, 0.5) is 9.59 Å². The number of aliphatic hydroxyl groups excluding tert-OH is 1. The first kappa shape index (κ1) is 66.5. The monoisotopic (exact) mass is 1150 g/mol. The van der Waals surface area contributed by atoms with Crippen molar-refractivity contribution in [3.05, 3.63) is 89.1 Å². The van der Waals surface area contributed by atoms with Gasteiger partial charge in [0.05, 0.1) is 37.2 Å². The molecule has 3 fully saturated rings. The van der Waals surface area contributed by atoms with Crippen LogP contribution in [0.2, 0.25) is 0 Å². The number of ketones is 1. The van der Waals surface area contributed by atoms with E-state index in [-0.39, 0.29) is 41.9 Å². The van der Waals surface area contributed by atoms with Gasteiger partial charge in [0.15, 0.2) is 17.5 Å². The molecule has 1 aliphatic heterocycles. The third kappa shape index (κ3) is 15.3. The highest BCUT2D eigenvalue weighted by molar-refractivity contribution is 5.96. The van der Waals surface area contributed by atoms with Crippen molar-refractivity contribution < 1.29 is 81.7 Å². The summed E-state index contributed by atoms with van der Waals surface area (Å²) in [5, 5.41) is 29.2. The van der Waals surface area contributed by atoms with Crippen LogP contribution in [-0.2, 0) is 52.3 Å². The highest BCUT2D eigenvalue weighted by Gasteiger charge is 2.78. The number of Topliss-reactive ketones (excluding diaryl/α,β-unsaturated/α-hetero) is 1. The molecular formula is C63H90N2O17. The highest BCUT2D eigenvalue weighted by Crippen LogP contribution is 2.64. The van der Waals surface area contributed by atoms with Crippen LogP contribution in [0.15, 0.2) is 83.5 Å². The molecule has 1 aromatic carbocycles. The first-order valence-electron chi connectivity index (χ1n) is 28.7. The maximum Gasteiger partial charge on any atom is 0.410 e. The first-order chi connectivity index (χ1) is 38.5. The number of benzene rings is 1. The smallest absolute Gasteiger partial charge is 0.410 e. The van der Waals surface area contributed by atoms with Crippen LogP contribution in [0.3, 0.4) is 0 Å². The van der Waals surface area contributed by atoms with Gasteiger partial charge in [-0.05, 0) is 110 Å². The van der Waals surface area contributed by atoms with Crippen molar-refractivity contribution in [3.63, 3.8) is 0 Å². The topological polar surface area (TPSA) is 249 Å². The van der Waals surface area contributed by atoms with Crippen molar-refractivity contribution in [2.45, 2.75) is 213 Å². The number of nitrogens with zero attached hydrogens (tertiary/aromatic N) is 1. The molecule has 2 amide bonds. The van der Waals surface area contributed by atoms with Crippen molar-refractivity contribution in [1.82, 2.24) is 10.2 Å². The summed E-state index contributed by atoms with van der Waals surface area (Å²) in [6, 6.07) is 4.75. The molecule has 2 saturated carbocycles. The summed E-state index contributed by atoms with van der Waals surface area (Å²) in [6.07, 6.45) is 9.12. The zero-order valence-corrected chi connectivity index (χ0v) is 50.6. The number of esters is 4. The third-order valence-electron chi connectivity index (χ3n) is 16.1. The second kappa shape index (κ2) is 28.3. The van der Waals surface area contributed by atoms with Crippen LogP contribution < -0.4 is 10.1 Å². The lowest BCUT2D eigenvalue weighted by Crippen LogP contribution is -2.82. The predicted molar refractivity (Wildman–Crippen MR) is 305 cm³/mol. The number of alkyl carbamates (subject to hydrolysis) is 1. The third-order valence-corrected chi connectivity index (χ3v) is 16.1. The normalized spacial score (nSPS) is 27.3. The molecule has 4 aliphatic rings. The molecule has 11 atom stereocenters. The quantitative estimate of drug-likeness (QED) is 0.0377. The fourth-order valence-electron chi connectivity index (χ4n) is 11.8. The number of amides is 2. The van der Waals surface area contributed by atoms with E-state index >= 15 is 9.59 Å². The lowest BCUT2D eigenvalue weighted by molar-refractivity contribution is -0.345. The van der Waals surface area contributed by atoms with Crippen molar-refractivity contribution >= 4 is 41.8 Å². The van der Waals surface area contributed by atoms with Crippen LogP contribution in [0.5, 0.6) is 5.75 Å². The zero-order chi connectivity index (χ0) is 61.0. The Morgan fingerprint density at radius 2 is 1.52 bits per heavy atom. The van der Waals surface area contributed by atoms with E-state index in [1.807, 2.05) is 0 Å². The molecule has 5 rings (SSSR count). The molecule has 0 spiro atoms. The molecule has 1 saturated heterocycles. The average Bonchev–Trinajstić information content (AvgIpc) is 2.37. The molecule has 3 N–H and O–H groups in total. The maximum atomic E-state index is 16.0. The van der Waals surface area contributed by atoms with E-state index in [1.54, 1.807) is 60.6 Å². The van der Waals surface area contributed by atoms with E-state index in [1.165, 1.54) is 53.3 Å². The number of nitrogens with one attached hydrogen (secondary N) is 1. The van der Waals surface area contributed by atoms with Crippen LogP contribution in [0, 0.1) is 16.7 Å². The van der Waals surface area contributed by atoms with Gasteiger partial charge in [-0.1, -0.05) is 100 Å². The number of para-hydroxylation sites is 1. The van der Waals surface area contributed by atoms with Gasteiger partial charge in [-0.25, -0.2) is 19.2 Å². The second-order valence-electron chi connectivity index (χ2n) is 24.1. The molecule has 3 aliphatic carbocycles. The minimum atomic E-state index is -2.51. The van der Waals surface area contributed by atoms with E-state index in [0.29, 0.717) is 18.4 Å². The zero-order valence-electron chi connectivity index (χ0n) is 50.6. The maximum absolute atomic E-state index is 16.0. The Balaban J connectivity index is 1.60. The van der Waals surface area contributed by atoms with E-state index in [0.717, 1.165) is 56.8 Å². The number of carbonyl (C=O) groups is 7. The number of allylic oxidation sites excluding steroid dienone is 7. The summed E-state index contributed by atoms with van der Waals surface area (Å²) in [5.41, 5.74) is -8.69. The Hall–Kier alpha value is -6.31.